The second-order valence-electron chi connectivity index (χ2n) is 2.59. The van der Waals surface area contributed by atoms with Gasteiger partial charge in [-0.2, -0.15) is 0 Å². The Bertz CT molecular complexity index is 236. The highest BCUT2D eigenvalue weighted by Gasteiger charge is 1.99. The van der Waals surface area contributed by atoms with E-state index in [0.717, 1.165) is 5.56 Å². The summed E-state index contributed by atoms with van der Waals surface area (Å²) in [4.78, 5) is 0. The lowest BCUT2D eigenvalue weighted by atomic mass is 10.1. The van der Waals surface area contributed by atoms with Crippen LogP contribution in [0.15, 0.2) is 36.9 Å². The van der Waals surface area contributed by atoms with Crippen LogP contribution < -0.4 is 0 Å². The molecule has 0 spiro atoms. The Balaban J connectivity index is 2.89. The van der Waals surface area contributed by atoms with E-state index in [0.29, 0.717) is 0 Å². The standard InChI is InChI=1S/C10H12O/c1-3-10(11)9-6-4-8(2)5-7-9/h3-7,10-11H,1H2,2H3. The van der Waals surface area contributed by atoms with Crippen molar-refractivity contribution in [1.29, 1.82) is 0 Å². The van der Waals surface area contributed by atoms with Crippen molar-refractivity contribution >= 4 is 0 Å². The van der Waals surface area contributed by atoms with Gasteiger partial charge in [0.1, 0.15) is 0 Å². The second-order valence-corrected chi connectivity index (χ2v) is 2.59. The first-order chi connectivity index (χ1) is 5.24. The lowest BCUT2D eigenvalue weighted by molar-refractivity contribution is 0.229. The molecule has 0 amide bonds. The number of hydrogen-bond acceptors (Lipinski definition) is 1. The smallest absolute Gasteiger partial charge is 0.0969 e. The Labute approximate surface area is 67.0 Å². The van der Waals surface area contributed by atoms with Crippen molar-refractivity contribution in [2.75, 3.05) is 0 Å². The Kier molecular flexibility index (Phi) is 2.44. The molecule has 1 aromatic rings. The van der Waals surface area contributed by atoms with Crippen molar-refractivity contribution in [3.05, 3.63) is 48.0 Å². The highest BCUT2D eigenvalue weighted by Crippen LogP contribution is 2.13. The Hall–Kier alpha value is -1.08. The maximum atomic E-state index is 9.30. The molecule has 1 aromatic carbocycles. The monoisotopic (exact) mass is 148 g/mol. The van der Waals surface area contributed by atoms with Crippen molar-refractivity contribution in [3.63, 3.8) is 0 Å². The van der Waals surface area contributed by atoms with E-state index in [4.69, 9.17) is 0 Å². The fourth-order valence-electron chi connectivity index (χ4n) is 0.900. The van der Waals surface area contributed by atoms with Crippen LogP contribution >= 0.6 is 0 Å². The molecule has 1 atom stereocenters. The van der Waals surface area contributed by atoms with E-state index in [-0.39, 0.29) is 0 Å². The van der Waals surface area contributed by atoms with Crippen molar-refractivity contribution in [2.45, 2.75) is 13.0 Å². The van der Waals surface area contributed by atoms with Gasteiger partial charge in [-0.25, -0.2) is 0 Å². The zero-order valence-corrected chi connectivity index (χ0v) is 6.62. The molecule has 1 unspecified atom stereocenters. The summed E-state index contributed by atoms with van der Waals surface area (Å²) in [5.74, 6) is 0. The minimum atomic E-state index is -0.532. The van der Waals surface area contributed by atoms with Gasteiger partial charge in [0, 0.05) is 0 Å². The minimum Gasteiger partial charge on any atom is -0.384 e. The zero-order valence-electron chi connectivity index (χ0n) is 6.62. The molecule has 1 nitrogen and oxygen atoms in total. The molecule has 11 heavy (non-hydrogen) atoms. The highest BCUT2D eigenvalue weighted by atomic mass is 16.3. The Morgan fingerprint density at radius 3 is 2.36 bits per heavy atom. The molecule has 1 N–H and O–H groups in total. The molecule has 1 heteroatoms. The Morgan fingerprint density at radius 2 is 1.91 bits per heavy atom. The van der Waals surface area contributed by atoms with Crippen LogP contribution in [0, 0.1) is 6.92 Å². The molecule has 0 fully saturated rings. The molecule has 0 aliphatic rings. The summed E-state index contributed by atoms with van der Waals surface area (Å²) in [6.45, 7) is 5.53. The summed E-state index contributed by atoms with van der Waals surface area (Å²) in [6, 6.07) is 7.76. The predicted molar refractivity (Wildman–Crippen MR) is 46.3 cm³/mol. The number of aliphatic hydroxyl groups is 1. The van der Waals surface area contributed by atoms with E-state index in [9.17, 15) is 5.11 Å². The molecule has 0 radical (unpaired) electrons. The van der Waals surface area contributed by atoms with Gasteiger partial charge in [0.15, 0.2) is 0 Å². The number of hydrogen-bond donors (Lipinski definition) is 1. The second kappa shape index (κ2) is 3.35. The van der Waals surface area contributed by atoms with Crippen molar-refractivity contribution < 1.29 is 5.11 Å². The first-order valence-corrected chi connectivity index (χ1v) is 3.61. The predicted octanol–water partition coefficient (Wildman–Crippen LogP) is 2.21. The third-order valence-electron chi connectivity index (χ3n) is 1.64. The van der Waals surface area contributed by atoms with Gasteiger partial charge in [-0.1, -0.05) is 35.9 Å². The highest BCUT2D eigenvalue weighted by molar-refractivity contribution is 5.24. The fraction of sp³-hybridized carbons (Fsp3) is 0.200. The number of aliphatic hydroxyl groups excluding tert-OH is 1. The van der Waals surface area contributed by atoms with E-state index < -0.39 is 6.10 Å². The summed E-state index contributed by atoms with van der Waals surface area (Å²) in [6.07, 6.45) is 0.987. The summed E-state index contributed by atoms with van der Waals surface area (Å²) < 4.78 is 0. The van der Waals surface area contributed by atoms with Crippen LogP contribution in [0.2, 0.25) is 0 Å². The zero-order chi connectivity index (χ0) is 8.27. The van der Waals surface area contributed by atoms with Crippen LogP contribution in [0.1, 0.15) is 17.2 Å². The molecular weight excluding hydrogens is 136 g/mol. The summed E-state index contributed by atoms with van der Waals surface area (Å²) in [7, 11) is 0. The van der Waals surface area contributed by atoms with Gasteiger partial charge in [0.05, 0.1) is 6.10 Å². The molecule has 0 heterocycles. The number of aryl methyl sites for hydroxylation is 1. The molecule has 0 saturated heterocycles. The van der Waals surface area contributed by atoms with Gasteiger partial charge in [0.2, 0.25) is 0 Å². The largest absolute Gasteiger partial charge is 0.384 e. The summed E-state index contributed by atoms with van der Waals surface area (Å²) >= 11 is 0. The van der Waals surface area contributed by atoms with Crippen LogP contribution in [0.25, 0.3) is 0 Å². The molecule has 0 bridgehead atoms. The molecule has 0 aliphatic heterocycles. The molecule has 0 saturated carbocycles. The van der Waals surface area contributed by atoms with Crippen LogP contribution in [0.4, 0.5) is 0 Å². The molecule has 58 valence electrons. The quantitative estimate of drug-likeness (QED) is 0.637. The van der Waals surface area contributed by atoms with E-state index in [1.165, 1.54) is 11.6 Å². The molecule has 0 aromatic heterocycles. The third kappa shape index (κ3) is 1.92. The van der Waals surface area contributed by atoms with Gasteiger partial charge in [0.25, 0.3) is 0 Å². The minimum absolute atomic E-state index is 0.532. The first-order valence-electron chi connectivity index (χ1n) is 3.61. The summed E-state index contributed by atoms with van der Waals surface area (Å²) in [5, 5.41) is 9.30. The van der Waals surface area contributed by atoms with Crippen molar-refractivity contribution in [3.8, 4) is 0 Å². The SMILES string of the molecule is C=CC(O)c1ccc(C)cc1. The maximum Gasteiger partial charge on any atom is 0.0969 e. The van der Waals surface area contributed by atoms with Gasteiger partial charge in [-0.15, -0.1) is 6.58 Å². The van der Waals surface area contributed by atoms with Crippen molar-refractivity contribution in [1.82, 2.24) is 0 Å². The molecule has 0 aliphatic carbocycles. The van der Waals surface area contributed by atoms with E-state index in [1.54, 1.807) is 0 Å². The molecular formula is C10H12O. The maximum absolute atomic E-state index is 9.30. The average Bonchev–Trinajstić information content (AvgIpc) is 2.05. The van der Waals surface area contributed by atoms with Gasteiger partial charge < -0.3 is 5.11 Å². The lowest BCUT2D eigenvalue weighted by Crippen LogP contribution is -1.91. The fourth-order valence-corrected chi connectivity index (χ4v) is 0.900. The van der Waals surface area contributed by atoms with Crippen LogP contribution in [0.3, 0.4) is 0 Å². The first kappa shape index (κ1) is 8.02. The lowest BCUT2D eigenvalue weighted by Gasteiger charge is -2.04. The van der Waals surface area contributed by atoms with E-state index in [2.05, 4.69) is 6.58 Å². The van der Waals surface area contributed by atoms with Crippen LogP contribution in [-0.4, -0.2) is 5.11 Å². The third-order valence-corrected chi connectivity index (χ3v) is 1.64. The molecule has 1 rings (SSSR count). The van der Waals surface area contributed by atoms with E-state index >= 15 is 0 Å². The summed E-state index contributed by atoms with van der Waals surface area (Å²) in [5.41, 5.74) is 2.09. The Morgan fingerprint density at radius 1 is 1.36 bits per heavy atom. The van der Waals surface area contributed by atoms with E-state index in [1.807, 2.05) is 31.2 Å². The number of rotatable bonds is 2. The topological polar surface area (TPSA) is 20.2 Å². The van der Waals surface area contributed by atoms with Crippen LogP contribution in [-0.2, 0) is 0 Å². The van der Waals surface area contributed by atoms with Crippen LogP contribution in [0.5, 0.6) is 0 Å². The van der Waals surface area contributed by atoms with Gasteiger partial charge >= 0.3 is 0 Å². The van der Waals surface area contributed by atoms with Crippen molar-refractivity contribution in [2.24, 2.45) is 0 Å². The van der Waals surface area contributed by atoms with Gasteiger partial charge in [-0.3, -0.25) is 0 Å². The average molecular weight is 148 g/mol. The number of benzene rings is 1. The normalized spacial score (nSPS) is 12.5. The van der Waals surface area contributed by atoms with Gasteiger partial charge in [-0.05, 0) is 12.5 Å².